The molecular weight excluding hydrogens is 306 g/mol. The van der Waals surface area contributed by atoms with Gasteiger partial charge < -0.3 is 15.4 Å². The fraction of sp³-hybridized carbons (Fsp3) is 0.222. The van der Waals surface area contributed by atoms with Crippen LogP contribution in [0.15, 0.2) is 54.6 Å². The van der Waals surface area contributed by atoms with Crippen LogP contribution in [0.5, 0.6) is 0 Å². The SMILES string of the molecule is Cc1cccc(N2CC(CNC(=O)Nc3ccccc3)OC2=O)c1. The van der Waals surface area contributed by atoms with Gasteiger partial charge in [0.25, 0.3) is 0 Å². The molecule has 1 aliphatic heterocycles. The Morgan fingerprint density at radius 1 is 1.21 bits per heavy atom. The van der Waals surface area contributed by atoms with Gasteiger partial charge in [0.1, 0.15) is 6.10 Å². The Bertz CT molecular complexity index is 733. The molecule has 0 radical (unpaired) electrons. The number of aryl methyl sites for hydroxylation is 1. The van der Waals surface area contributed by atoms with E-state index < -0.39 is 6.09 Å². The summed E-state index contributed by atoms with van der Waals surface area (Å²) in [5, 5.41) is 5.45. The van der Waals surface area contributed by atoms with Crippen molar-refractivity contribution in [2.24, 2.45) is 0 Å². The van der Waals surface area contributed by atoms with Gasteiger partial charge in [0.15, 0.2) is 0 Å². The van der Waals surface area contributed by atoms with Crippen molar-refractivity contribution in [3.05, 3.63) is 60.2 Å². The first-order valence-corrected chi connectivity index (χ1v) is 7.76. The molecule has 2 aromatic carbocycles. The van der Waals surface area contributed by atoms with Gasteiger partial charge in [-0.2, -0.15) is 0 Å². The molecule has 2 N–H and O–H groups in total. The van der Waals surface area contributed by atoms with E-state index >= 15 is 0 Å². The van der Waals surface area contributed by atoms with Crippen molar-refractivity contribution >= 4 is 23.5 Å². The van der Waals surface area contributed by atoms with E-state index in [1.807, 2.05) is 49.4 Å². The van der Waals surface area contributed by atoms with E-state index in [0.29, 0.717) is 12.2 Å². The van der Waals surface area contributed by atoms with Gasteiger partial charge >= 0.3 is 12.1 Å². The van der Waals surface area contributed by atoms with Gasteiger partial charge in [-0.25, -0.2) is 9.59 Å². The van der Waals surface area contributed by atoms with Crippen molar-refractivity contribution in [1.29, 1.82) is 0 Å². The third-order valence-electron chi connectivity index (χ3n) is 3.71. The number of nitrogens with one attached hydrogen (secondary N) is 2. The number of amides is 3. The number of para-hydroxylation sites is 1. The molecule has 1 aliphatic rings. The number of carbonyl (C=O) groups excluding carboxylic acids is 2. The zero-order chi connectivity index (χ0) is 16.9. The van der Waals surface area contributed by atoms with E-state index in [1.165, 1.54) is 0 Å². The van der Waals surface area contributed by atoms with Crippen molar-refractivity contribution in [2.75, 3.05) is 23.3 Å². The minimum absolute atomic E-state index is 0.257. The number of rotatable bonds is 4. The second kappa shape index (κ2) is 7.04. The summed E-state index contributed by atoms with van der Waals surface area (Å²) in [5.41, 5.74) is 2.58. The first-order chi connectivity index (χ1) is 11.6. The second-order valence-corrected chi connectivity index (χ2v) is 5.66. The Kier molecular flexibility index (Phi) is 4.65. The Morgan fingerprint density at radius 2 is 2.00 bits per heavy atom. The van der Waals surface area contributed by atoms with Gasteiger partial charge in [0.05, 0.1) is 13.1 Å². The van der Waals surface area contributed by atoms with Gasteiger partial charge in [0, 0.05) is 11.4 Å². The summed E-state index contributed by atoms with van der Waals surface area (Å²) < 4.78 is 5.31. The molecule has 6 heteroatoms. The number of nitrogens with zero attached hydrogens (tertiary/aromatic N) is 1. The number of ether oxygens (including phenoxy) is 1. The van der Waals surface area contributed by atoms with Crippen LogP contribution >= 0.6 is 0 Å². The molecule has 3 amide bonds. The molecule has 124 valence electrons. The maximum absolute atomic E-state index is 12.0. The summed E-state index contributed by atoms with van der Waals surface area (Å²) >= 11 is 0. The van der Waals surface area contributed by atoms with Crippen LogP contribution in [0, 0.1) is 6.92 Å². The molecule has 1 atom stereocenters. The summed E-state index contributed by atoms with van der Waals surface area (Å²) in [5.74, 6) is 0. The lowest BCUT2D eigenvalue weighted by Gasteiger charge is -2.13. The first-order valence-electron chi connectivity index (χ1n) is 7.76. The molecule has 1 fully saturated rings. The lowest BCUT2D eigenvalue weighted by Crippen LogP contribution is -2.37. The highest BCUT2D eigenvalue weighted by Gasteiger charge is 2.32. The Morgan fingerprint density at radius 3 is 2.75 bits per heavy atom. The van der Waals surface area contributed by atoms with Crippen LogP contribution < -0.4 is 15.5 Å². The molecule has 2 aromatic rings. The van der Waals surface area contributed by atoms with Gasteiger partial charge in [-0.1, -0.05) is 30.3 Å². The van der Waals surface area contributed by atoms with Crippen molar-refractivity contribution in [3.8, 4) is 0 Å². The fourth-order valence-corrected chi connectivity index (χ4v) is 2.54. The minimum Gasteiger partial charge on any atom is -0.442 e. The fourth-order valence-electron chi connectivity index (χ4n) is 2.54. The standard InChI is InChI=1S/C18H19N3O3/c1-13-6-5-9-15(10-13)21-12-16(24-18(21)23)11-19-17(22)20-14-7-3-2-4-8-14/h2-10,16H,11-12H2,1H3,(H2,19,20,22). The molecule has 0 bridgehead atoms. The van der Waals surface area contributed by atoms with Crippen molar-refractivity contribution in [2.45, 2.75) is 13.0 Å². The normalized spacial score (nSPS) is 16.6. The van der Waals surface area contributed by atoms with Gasteiger partial charge in [-0.05, 0) is 36.8 Å². The van der Waals surface area contributed by atoms with Gasteiger partial charge in [-0.3, -0.25) is 4.90 Å². The molecule has 1 unspecified atom stereocenters. The number of urea groups is 1. The van der Waals surface area contributed by atoms with Crippen LogP contribution in [0.1, 0.15) is 5.56 Å². The molecule has 0 aliphatic carbocycles. The van der Waals surface area contributed by atoms with Gasteiger partial charge in [-0.15, -0.1) is 0 Å². The molecule has 1 heterocycles. The molecular formula is C18H19N3O3. The van der Waals surface area contributed by atoms with Crippen LogP contribution in [0.2, 0.25) is 0 Å². The van der Waals surface area contributed by atoms with E-state index in [4.69, 9.17) is 4.74 Å². The van der Waals surface area contributed by atoms with Crippen LogP contribution in [0.3, 0.4) is 0 Å². The third kappa shape index (κ3) is 3.84. The number of hydrogen-bond acceptors (Lipinski definition) is 3. The smallest absolute Gasteiger partial charge is 0.414 e. The summed E-state index contributed by atoms with van der Waals surface area (Å²) in [6.07, 6.45) is -0.768. The number of benzene rings is 2. The van der Waals surface area contributed by atoms with E-state index in [1.54, 1.807) is 17.0 Å². The number of hydrogen-bond donors (Lipinski definition) is 2. The monoisotopic (exact) mass is 325 g/mol. The number of carbonyl (C=O) groups is 2. The average molecular weight is 325 g/mol. The van der Waals surface area contributed by atoms with E-state index in [0.717, 1.165) is 11.3 Å². The van der Waals surface area contributed by atoms with E-state index in [2.05, 4.69) is 10.6 Å². The number of cyclic esters (lactones) is 1. The van der Waals surface area contributed by atoms with Crippen molar-refractivity contribution in [1.82, 2.24) is 5.32 Å². The van der Waals surface area contributed by atoms with Gasteiger partial charge in [0.2, 0.25) is 0 Å². The molecule has 0 aromatic heterocycles. The molecule has 1 saturated heterocycles. The van der Waals surface area contributed by atoms with Crippen LogP contribution in [0.25, 0.3) is 0 Å². The number of anilines is 2. The first kappa shape index (κ1) is 15.9. The molecule has 24 heavy (non-hydrogen) atoms. The quantitative estimate of drug-likeness (QED) is 0.907. The predicted octanol–water partition coefficient (Wildman–Crippen LogP) is 3.14. The van der Waals surface area contributed by atoms with Crippen LogP contribution in [0.4, 0.5) is 21.0 Å². The highest BCUT2D eigenvalue weighted by molar-refractivity contribution is 5.91. The van der Waals surface area contributed by atoms with Crippen LogP contribution in [-0.4, -0.2) is 31.3 Å². The average Bonchev–Trinajstić information content (AvgIpc) is 2.95. The Balaban J connectivity index is 1.52. The topological polar surface area (TPSA) is 70.7 Å². The second-order valence-electron chi connectivity index (χ2n) is 5.66. The minimum atomic E-state index is -0.393. The van der Waals surface area contributed by atoms with E-state index in [9.17, 15) is 9.59 Å². The summed E-state index contributed by atoms with van der Waals surface area (Å²) in [7, 11) is 0. The molecule has 0 saturated carbocycles. The lowest BCUT2D eigenvalue weighted by molar-refractivity contribution is 0.141. The van der Waals surface area contributed by atoms with Crippen molar-refractivity contribution < 1.29 is 14.3 Å². The summed E-state index contributed by atoms with van der Waals surface area (Å²) in [4.78, 5) is 25.5. The highest BCUT2D eigenvalue weighted by atomic mass is 16.6. The van der Waals surface area contributed by atoms with Crippen LogP contribution in [-0.2, 0) is 4.74 Å². The zero-order valence-corrected chi connectivity index (χ0v) is 13.4. The highest BCUT2D eigenvalue weighted by Crippen LogP contribution is 2.22. The maximum atomic E-state index is 12.0. The molecule has 0 spiro atoms. The Labute approximate surface area is 140 Å². The maximum Gasteiger partial charge on any atom is 0.414 e. The lowest BCUT2D eigenvalue weighted by atomic mass is 10.2. The predicted molar refractivity (Wildman–Crippen MR) is 92.3 cm³/mol. The zero-order valence-electron chi connectivity index (χ0n) is 13.4. The van der Waals surface area contributed by atoms with E-state index in [-0.39, 0.29) is 18.7 Å². The Hall–Kier alpha value is -3.02. The van der Waals surface area contributed by atoms with Crippen molar-refractivity contribution in [3.63, 3.8) is 0 Å². The molecule has 6 nitrogen and oxygen atoms in total. The molecule has 3 rings (SSSR count). The summed E-state index contributed by atoms with van der Waals surface area (Å²) in [6.45, 7) is 2.64. The largest absolute Gasteiger partial charge is 0.442 e. The third-order valence-corrected chi connectivity index (χ3v) is 3.71. The summed E-state index contributed by atoms with van der Waals surface area (Å²) in [6, 6.07) is 16.5.